The van der Waals surface area contributed by atoms with E-state index in [2.05, 4.69) is 66.0 Å². The zero-order chi connectivity index (χ0) is 14.3. The third-order valence-electron chi connectivity index (χ3n) is 3.42. The molecule has 1 nitrogen and oxygen atoms in total. The second-order valence-corrected chi connectivity index (χ2v) is 8.12. The van der Waals surface area contributed by atoms with E-state index in [9.17, 15) is 0 Å². The van der Waals surface area contributed by atoms with Crippen LogP contribution in [-0.4, -0.2) is 15.7 Å². The summed E-state index contributed by atoms with van der Waals surface area (Å²) in [4.78, 5) is 0. The van der Waals surface area contributed by atoms with Crippen molar-refractivity contribution in [1.82, 2.24) is 0 Å². The molecule has 3 rings (SSSR count). The average Bonchev–Trinajstić information content (AvgIpc) is 3.07. The van der Waals surface area contributed by atoms with Crippen LogP contribution in [0.5, 0.6) is 0 Å². The fourth-order valence-electron chi connectivity index (χ4n) is 2.37. The van der Waals surface area contributed by atoms with Crippen LogP contribution in [0.4, 0.5) is 0 Å². The molecule has 0 amide bonds. The molecular formula is C18H18OSSi. The van der Waals surface area contributed by atoms with Gasteiger partial charge >= 0.3 is 0 Å². The van der Waals surface area contributed by atoms with Crippen LogP contribution in [0.1, 0.15) is 17.2 Å². The van der Waals surface area contributed by atoms with Crippen molar-refractivity contribution in [2.24, 2.45) is 0 Å². The molecule has 106 valence electrons. The van der Waals surface area contributed by atoms with Gasteiger partial charge < -0.3 is 4.74 Å². The Morgan fingerprint density at radius 1 is 0.810 bits per heavy atom. The number of rotatable bonds is 6. The van der Waals surface area contributed by atoms with Crippen LogP contribution in [0.15, 0.2) is 78.2 Å². The Kier molecular flexibility index (Phi) is 5.00. The van der Waals surface area contributed by atoms with Gasteiger partial charge in [-0.2, -0.15) is 11.3 Å². The van der Waals surface area contributed by atoms with E-state index in [-0.39, 0.29) is 15.6 Å². The van der Waals surface area contributed by atoms with Crippen molar-refractivity contribution in [2.45, 2.75) is 6.10 Å². The van der Waals surface area contributed by atoms with Crippen LogP contribution in [0.3, 0.4) is 0 Å². The lowest BCUT2D eigenvalue weighted by Gasteiger charge is -2.18. The average molecular weight is 310 g/mol. The monoisotopic (exact) mass is 310 g/mol. The summed E-state index contributed by atoms with van der Waals surface area (Å²) in [5.74, 6) is 0. The highest BCUT2D eigenvalue weighted by Gasteiger charge is 2.14. The van der Waals surface area contributed by atoms with Crippen molar-refractivity contribution < 1.29 is 4.74 Å². The van der Waals surface area contributed by atoms with Crippen LogP contribution in [-0.2, 0) is 4.74 Å². The number of benzene rings is 2. The van der Waals surface area contributed by atoms with Gasteiger partial charge in [0.25, 0.3) is 0 Å². The highest BCUT2D eigenvalue weighted by atomic mass is 32.1. The zero-order valence-electron chi connectivity index (χ0n) is 11.8. The fourth-order valence-corrected chi connectivity index (χ4v) is 4.73. The minimum Gasteiger partial charge on any atom is -0.372 e. The lowest BCUT2D eigenvalue weighted by Crippen LogP contribution is -2.18. The number of hydrogen-bond acceptors (Lipinski definition) is 2. The molecule has 0 N–H and O–H groups in total. The molecule has 0 aliphatic heterocycles. The smallest absolute Gasteiger partial charge is 0.107 e. The maximum atomic E-state index is 6.26. The lowest BCUT2D eigenvalue weighted by atomic mass is 10.0. The molecule has 0 saturated carbocycles. The summed E-state index contributed by atoms with van der Waals surface area (Å²) in [7, 11) is -0.325. The Bertz CT molecular complexity index is 598. The first-order chi connectivity index (χ1) is 10.4. The summed E-state index contributed by atoms with van der Waals surface area (Å²) in [6, 6.07) is 25.3. The molecule has 0 unspecified atom stereocenters. The van der Waals surface area contributed by atoms with Crippen molar-refractivity contribution >= 4 is 25.4 Å². The number of thiophene rings is 1. The van der Waals surface area contributed by atoms with Gasteiger partial charge in [-0.1, -0.05) is 72.8 Å². The van der Waals surface area contributed by atoms with E-state index in [1.807, 2.05) is 23.5 Å². The first-order valence-electron chi connectivity index (χ1n) is 7.17. The third kappa shape index (κ3) is 3.91. The molecule has 0 saturated heterocycles. The summed E-state index contributed by atoms with van der Waals surface area (Å²) < 4.78 is 7.77. The van der Waals surface area contributed by atoms with Crippen molar-refractivity contribution in [1.29, 1.82) is 0 Å². The van der Waals surface area contributed by atoms with Gasteiger partial charge in [-0.3, -0.25) is 0 Å². The van der Waals surface area contributed by atoms with Gasteiger partial charge in [-0.25, -0.2) is 0 Å². The molecule has 1 heterocycles. The molecule has 0 radical (unpaired) electrons. The maximum Gasteiger partial charge on any atom is 0.107 e. The van der Waals surface area contributed by atoms with Crippen molar-refractivity contribution in [3.63, 3.8) is 0 Å². The standard InChI is InChI=1S/C18H18OSSi/c1-3-8-15(9-4-1)18(16-10-5-2-6-11-16)19-14-21-17-12-7-13-20-17/h1-13,18H,14,21H2. The molecule has 0 aliphatic carbocycles. The van der Waals surface area contributed by atoms with E-state index < -0.39 is 0 Å². The summed E-state index contributed by atoms with van der Waals surface area (Å²) in [6.07, 6.45) is 0.912. The normalized spacial score (nSPS) is 11.5. The minimum absolute atomic E-state index is 0.0415. The molecule has 0 spiro atoms. The van der Waals surface area contributed by atoms with Gasteiger partial charge in [0.2, 0.25) is 0 Å². The Morgan fingerprint density at radius 3 is 1.95 bits per heavy atom. The Balaban J connectivity index is 1.73. The number of hydrogen-bond donors (Lipinski definition) is 0. The Hall–Kier alpha value is -1.68. The predicted octanol–water partition coefficient (Wildman–Crippen LogP) is 3.31. The van der Waals surface area contributed by atoms with E-state index >= 15 is 0 Å². The van der Waals surface area contributed by atoms with Crippen molar-refractivity contribution in [3.05, 3.63) is 89.3 Å². The highest BCUT2D eigenvalue weighted by Crippen LogP contribution is 2.25. The van der Waals surface area contributed by atoms with Crippen LogP contribution in [0, 0.1) is 0 Å². The van der Waals surface area contributed by atoms with Gasteiger partial charge in [-0.05, 0) is 21.0 Å². The van der Waals surface area contributed by atoms with Gasteiger partial charge in [0.05, 0.1) is 9.52 Å². The van der Waals surface area contributed by atoms with E-state index in [1.54, 1.807) is 0 Å². The molecular weight excluding hydrogens is 292 g/mol. The summed E-state index contributed by atoms with van der Waals surface area (Å²) >= 11 is 1.85. The quantitative estimate of drug-likeness (QED) is 0.635. The van der Waals surface area contributed by atoms with Crippen molar-refractivity contribution in [2.75, 3.05) is 6.23 Å². The Morgan fingerprint density at radius 2 is 1.43 bits per heavy atom. The molecule has 21 heavy (non-hydrogen) atoms. The molecule has 3 heteroatoms. The first-order valence-corrected chi connectivity index (χ1v) is 9.76. The van der Waals surface area contributed by atoms with Crippen molar-refractivity contribution in [3.8, 4) is 0 Å². The molecule has 0 bridgehead atoms. The lowest BCUT2D eigenvalue weighted by molar-refractivity contribution is 0.118. The van der Waals surface area contributed by atoms with Crippen LogP contribution < -0.4 is 4.50 Å². The molecule has 0 fully saturated rings. The number of ether oxygens (including phenoxy) is 1. The summed E-state index contributed by atoms with van der Waals surface area (Å²) in [6.45, 7) is 0. The zero-order valence-corrected chi connectivity index (χ0v) is 14.0. The minimum atomic E-state index is -0.325. The van der Waals surface area contributed by atoms with Gasteiger partial charge in [0.1, 0.15) is 6.10 Å². The second kappa shape index (κ2) is 7.36. The largest absolute Gasteiger partial charge is 0.372 e. The highest BCUT2D eigenvalue weighted by molar-refractivity contribution is 7.19. The molecule has 0 atom stereocenters. The topological polar surface area (TPSA) is 9.23 Å². The summed E-state index contributed by atoms with van der Waals surface area (Å²) in [5.41, 5.74) is 2.45. The second-order valence-electron chi connectivity index (χ2n) is 4.90. The van der Waals surface area contributed by atoms with E-state index in [0.29, 0.717) is 0 Å². The Labute approximate surface area is 132 Å². The molecule has 0 aliphatic rings. The SMILES string of the molecule is c1ccc(C(OC[SiH2]c2cccs2)c2ccccc2)cc1. The third-order valence-corrected chi connectivity index (χ3v) is 6.43. The predicted molar refractivity (Wildman–Crippen MR) is 93.2 cm³/mol. The first kappa shape index (κ1) is 14.3. The van der Waals surface area contributed by atoms with Gasteiger partial charge in [0.15, 0.2) is 0 Å². The van der Waals surface area contributed by atoms with E-state index in [4.69, 9.17) is 4.74 Å². The summed E-state index contributed by atoms with van der Waals surface area (Å²) in [5, 5.41) is 2.15. The van der Waals surface area contributed by atoms with E-state index in [0.717, 1.165) is 6.23 Å². The van der Waals surface area contributed by atoms with E-state index in [1.165, 1.54) is 15.6 Å². The van der Waals surface area contributed by atoms with Crippen LogP contribution >= 0.6 is 11.3 Å². The van der Waals surface area contributed by atoms with Crippen LogP contribution in [0.25, 0.3) is 0 Å². The molecule has 3 aromatic rings. The van der Waals surface area contributed by atoms with Crippen LogP contribution in [0.2, 0.25) is 0 Å². The van der Waals surface area contributed by atoms with Gasteiger partial charge in [0, 0.05) is 6.23 Å². The molecule has 1 aromatic heterocycles. The fraction of sp³-hybridized carbons (Fsp3) is 0.111. The maximum absolute atomic E-state index is 6.26. The molecule has 2 aromatic carbocycles. The van der Waals surface area contributed by atoms with Gasteiger partial charge in [-0.15, -0.1) is 0 Å².